The molecule has 2 atom stereocenters. The first kappa shape index (κ1) is 14.2. The molecule has 17 heavy (non-hydrogen) atoms. The van der Waals surface area contributed by atoms with Crippen LogP contribution in [0.25, 0.3) is 0 Å². The second-order valence-corrected chi connectivity index (χ2v) is 4.65. The Morgan fingerprint density at radius 1 is 1.35 bits per heavy atom. The molecule has 0 aromatic rings. The summed E-state index contributed by atoms with van der Waals surface area (Å²) in [7, 11) is 0. The fraction of sp³-hybridized carbons (Fsp3) is 0.600. The van der Waals surface area contributed by atoms with Gasteiger partial charge in [-0.05, 0) is 26.2 Å². The molecule has 0 spiro atoms. The van der Waals surface area contributed by atoms with Gasteiger partial charge in [0.15, 0.2) is 0 Å². The lowest BCUT2D eigenvalue weighted by Crippen LogP contribution is -2.39. The van der Waals surface area contributed by atoms with E-state index in [4.69, 9.17) is 10.5 Å². The van der Waals surface area contributed by atoms with Crippen LogP contribution in [0.3, 0.4) is 0 Å². The van der Waals surface area contributed by atoms with E-state index in [-0.39, 0.29) is 12.1 Å². The van der Waals surface area contributed by atoms with Gasteiger partial charge >= 0.3 is 0 Å². The molecule has 0 heterocycles. The number of ether oxygens (including phenoxy) is 1. The molecule has 0 aliphatic heterocycles. The Balaban J connectivity index is 2.16. The summed E-state index contributed by atoms with van der Waals surface area (Å²) in [5.41, 5.74) is 7.13. The second-order valence-electron chi connectivity index (χ2n) is 4.65. The molecule has 2 N–H and O–H groups in total. The van der Waals surface area contributed by atoms with Crippen LogP contribution in [-0.4, -0.2) is 18.8 Å². The number of allylic oxidation sites excluding steroid dienone is 4. The highest BCUT2D eigenvalue weighted by Crippen LogP contribution is 2.20. The maximum absolute atomic E-state index is 6.02. The number of rotatable bonds is 6. The van der Waals surface area contributed by atoms with Crippen LogP contribution < -0.4 is 5.73 Å². The van der Waals surface area contributed by atoms with Gasteiger partial charge in [0.1, 0.15) is 0 Å². The van der Waals surface area contributed by atoms with Crippen molar-refractivity contribution < 1.29 is 4.74 Å². The Kier molecular flexibility index (Phi) is 6.90. The van der Waals surface area contributed by atoms with Crippen LogP contribution >= 0.6 is 0 Å². The normalized spacial score (nSPS) is 25.8. The molecule has 2 heteroatoms. The predicted molar refractivity (Wildman–Crippen MR) is 73.9 cm³/mol. The van der Waals surface area contributed by atoms with Gasteiger partial charge in [0.05, 0.1) is 12.7 Å². The van der Waals surface area contributed by atoms with E-state index < -0.39 is 0 Å². The largest absolute Gasteiger partial charge is 0.376 e. The molecule has 1 saturated carbocycles. The summed E-state index contributed by atoms with van der Waals surface area (Å²) in [6, 6.07) is 0.232. The summed E-state index contributed by atoms with van der Waals surface area (Å²) in [5, 5.41) is 0. The highest BCUT2D eigenvalue weighted by atomic mass is 16.5. The third kappa shape index (κ3) is 5.85. The molecule has 0 aromatic heterocycles. The van der Waals surface area contributed by atoms with Gasteiger partial charge in [0.2, 0.25) is 0 Å². The SMILES string of the molecule is C=C(/C=C\C=C/C)CCO[C@@H]1CCCC[C@H]1N. The molecule has 0 unspecified atom stereocenters. The van der Waals surface area contributed by atoms with Crippen molar-refractivity contribution in [2.75, 3.05) is 6.61 Å². The molecule has 0 radical (unpaired) electrons. The van der Waals surface area contributed by atoms with Crippen LogP contribution in [0.4, 0.5) is 0 Å². The fourth-order valence-corrected chi connectivity index (χ4v) is 2.06. The average molecular weight is 235 g/mol. The van der Waals surface area contributed by atoms with Crippen LogP contribution in [0.5, 0.6) is 0 Å². The first-order chi connectivity index (χ1) is 8.24. The Labute approximate surface area is 105 Å². The highest BCUT2D eigenvalue weighted by Gasteiger charge is 2.21. The summed E-state index contributed by atoms with van der Waals surface area (Å²) in [6.45, 7) is 6.73. The van der Waals surface area contributed by atoms with Gasteiger partial charge in [-0.15, -0.1) is 0 Å². The zero-order valence-corrected chi connectivity index (χ0v) is 10.9. The molecular weight excluding hydrogens is 210 g/mol. The smallest absolute Gasteiger partial charge is 0.0726 e. The van der Waals surface area contributed by atoms with Crippen molar-refractivity contribution in [3.05, 3.63) is 36.5 Å². The van der Waals surface area contributed by atoms with Gasteiger partial charge in [-0.2, -0.15) is 0 Å². The van der Waals surface area contributed by atoms with Gasteiger partial charge in [0.25, 0.3) is 0 Å². The third-order valence-electron chi connectivity index (χ3n) is 3.14. The van der Waals surface area contributed by atoms with Crippen molar-refractivity contribution >= 4 is 0 Å². The zero-order valence-electron chi connectivity index (χ0n) is 10.9. The molecule has 0 bridgehead atoms. The third-order valence-corrected chi connectivity index (χ3v) is 3.14. The molecule has 96 valence electrons. The Hall–Kier alpha value is -0.860. The quantitative estimate of drug-likeness (QED) is 0.717. The molecule has 1 rings (SSSR count). The van der Waals surface area contributed by atoms with Gasteiger partial charge < -0.3 is 10.5 Å². The summed E-state index contributed by atoms with van der Waals surface area (Å²) in [4.78, 5) is 0. The lowest BCUT2D eigenvalue weighted by molar-refractivity contribution is 0.0171. The summed E-state index contributed by atoms with van der Waals surface area (Å²) >= 11 is 0. The van der Waals surface area contributed by atoms with Crippen LogP contribution in [0.15, 0.2) is 36.5 Å². The average Bonchev–Trinajstić information content (AvgIpc) is 2.32. The highest BCUT2D eigenvalue weighted by molar-refractivity contribution is 5.18. The standard InChI is InChI=1S/C15H25NO/c1-3-4-5-8-13(2)11-12-17-15-10-7-6-9-14(15)16/h3-5,8,14-15H,2,6-7,9-12,16H2,1H3/b4-3-,8-5-/t14-,15-/m1/s1. The molecule has 0 aromatic carbocycles. The summed E-state index contributed by atoms with van der Waals surface area (Å²) in [6.07, 6.45) is 13.9. The van der Waals surface area contributed by atoms with Crippen molar-refractivity contribution in [2.45, 2.75) is 51.2 Å². The van der Waals surface area contributed by atoms with Gasteiger partial charge in [-0.1, -0.05) is 49.3 Å². The minimum Gasteiger partial charge on any atom is -0.376 e. The van der Waals surface area contributed by atoms with E-state index in [9.17, 15) is 0 Å². The van der Waals surface area contributed by atoms with Crippen molar-refractivity contribution in [1.82, 2.24) is 0 Å². The number of nitrogens with two attached hydrogens (primary N) is 1. The van der Waals surface area contributed by atoms with Crippen molar-refractivity contribution in [3.8, 4) is 0 Å². The maximum atomic E-state index is 6.02. The van der Waals surface area contributed by atoms with E-state index in [1.54, 1.807) is 0 Å². The first-order valence-electron chi connectivity index (χ1n) is 6.58. The van der Waals surface area contributed by atoms with E-state index in [2.05, 4.69) is 6.58 Å². The van der Waals surface area contributed by atoms with Crippen LogP contribution in [-0.2, 0) is 4.74 Å². The topological polar surface area (TPSA) is 35.2 Å². The van der Waals surface area contributed by atoms with Crippen molar-refractivity contribution in [2.24, 2.45) is 5.73 Å². The lowest BCUT2D eigenvalue weighted by atomic mass is 9.93. The van der Waals surface area contributed by atoms with Crippen molar-refractivity contribution in [3.63, 3.8) is 0 Å². The molecule has 1 aliphatic rings. The summed E-state index contributed by atoms with van der Waals surface area (Å²) < 4.78 is 5.83. The van der Waals surface area contributed by atoms with Crippen molar-refractivity contribution in [1.29, 1.82) is 0 Å². The van der Waals surface area contributed by atoms with E-state index in [1.807, 2.05) is 31.2 Å². The molecular formula is C15H25NO. The number of hydrogen-bond acceptors (Lipinski definition) is 2. The minimum atomic E-state index is 0.232. The van der Waals surface area contributed by atoms with Crippen LogP contribution in [0.1, 0.15) is 39.0 Å². The van der Waals surface area contributed by atoms with Gasteiger partial charge in [-0.25, -0.2) is 0 Å². The molecule has 1 fully saturated rings. The molecule has 1 aliphatic carbocycles. The molecule has 0 amide bonds. The number of hydrogen-bond donors (Lipinski definition) is 1. The van der Waals surface area contributed by atoms with E-state index in [0.29, 0.717) is 0 Å². The van der Waals surface area contributed by atoms with Gasteiger partial charge in [0, 0.05) is 6.04 Å². The van der Waals surface area contributed by atoms with Crippen LogP contribution in [0.2, 0.25) is 0 Å². The maximum Gasteiger partial charge on any atom is 0.0726 e. The molecule has 2 nitrogen and oxygen atoms in total. The Bertz CT molecular complexity index is 281. The predicted octanol–water partition coefficient (Wildman–Crippen LogP) is 3.35. The lowest BCUT2D eigenvalue weighted by Gasteiger charge is -2.28. The second kappa shape index (κ2) is 8.26. The van der Waals surface area contributed by atoms with Gasteiger partial charge in [-0.3, -0.25) is 0 Å². The first-order valence-corrected chi connectivity index (χ1v) is 6.58. The fourth-order valence-electron chi connectivity index (χ4n) is 2.06. The Morgan fingerprint density at radius 2 is 2.12 bits per heavy atom. The minimum absolute atomic E-state index is 0.232. The van der Waals surface area contributed by atoms with E-state index >= 15 is 0 Å². The Morgan fingerprint density at radius 3 is 2.82 bits per heavy atom. The molecule has 0 saturated heterocycles. The van der Waals surface area contributed by atoms with E-state index in [1.165, 1.54) is 12.8 Å². The summed E-state index contributed by atoms with van der Waals surface area (Å²) in [5.74, 6) is 0. The van der Waals surface area contributed by atoms with E-state index in [0.717, 1.165) is 31.4 Å². The zero-order chi connectivity index (χ0) is 12.5. The van der Waals surface area contributed by atoms with Crippen LogP contribution in [0, 0.1) is 0 Å². The monoisotopic (exact) mass is 235 g/mol.